The monoisotopic (exact) mass is 433 g/mol. The summed E-state index contributed by atoms with van der Waals surface area (Å²) in [6.45, 7) is 0.748. The largest absolute Gasteiger partial charge is 0.365 e. The van der Waals surface area contributed by atoms with E-state index in [1.807, 2.05) is 18.2 Å². The average molecular weight is 433 g/mol. The van der Waals surface area contributed by atoms with Gasteiger partial charge in [0.05, 0.1) is 18.0 Å². The molecule has 0 saturated heterocycles. The van der Waals surface area contributed by atoms with Gasteiger partial charge in [-0.1, -0.05) is 30.3 Å². The number of carbonyl (C=O) groups is 1. The number of anilines is 2. The Bertz CT molecular complexity index is 1120. The molecule has 0 spiro atoms. The Hall–Kier alpha value is -3.77. The molecule has 0 unspecified atom stereocenters. The number of hydrogen-bond donors (Lipinski definition) is 3. The quantitative estimate of drug-likeness (QED) is 0.492. The summed E-state index contributed by atoms with van der Waals surface area (Å²) >= 11 is 0. The molecule has 1 fully saturated rings. The van der Waals surface area contributed by atoms with E-state index in [9.17, 15) is 14.4 Å². The molecule has 2 heterocycles. The van der Waals surface area contributed by atoms with E-state index in [2.05, 4.69) is 38.9 Å². The van der Waals surface area contributed by atoms with E-state index in [1.165, 1.54) is 17.8 Å². The van der Waals surface area contributed by atoms with Crippen molar-refractivity contribution in [3.63, 3.8) is 0 Å². The summed E-state index contributed by atoms with van der Waals surface area (Å²) in [5.74, 6) is -1.35. The van der Waals surface area contributed by atoms with Crippen LogP contribution in [0.3, 0.4) is 0 Å². The molecule has 2 aromatic heterocycles. The van der Waals surface area contributed by atoms with Crippen LogP contribution >= 0.6 is 0 Å². The second-order valence-corrected chi connectivity index (χ2v) is 7.91. The number of hydrogen-bond acceptors (Lipinski definition) is 6. The highest BCUT2D eigenvalue weighted by molar-refractivity contribution is 5.98. The fourth-order valence-electron chi connectivity index (χ4n) is 4.10. The second kappa shape index (κ2) is 9.58. The summed E-state index contributed by atoms with van der Waals surface area (Å²) in [6.07, 6.45) is 5.16. The first kappa shape index (κ1) is 21.5. The smallest absolute Gasteiger partial charge is 0.254 e. The number of pyridine rings is 1. The molecule has 0 aliphatic heterocycles. The molecule has 1 aliphatic carbocycles. The van der Waals surface area contributed by atoms with Gasteiger partial charge < -0.3 is 16.4 Å². The molecular weight excluding hydrogens is 409 g/mol. The van der Waals surface area contributed by atoms with Crippen molar-refractivity contribution in [3.05, 3.63) is 71.9 Å². The summed E-state index contributed by atoms with van der Waals surface area (Å²) in [4.78, 5) is 15.5. The van der Waals surface area contributed by atoms with Gasteiger partial charge in [0.2, 0.25) is 5.95 Å². The zero-order valence-electron chi connectivity index (χ0n) is 17.4. The Morgan fingerprint density at radius 2 is 2.09 bits per heavy atom. The van der Waals surface area contributed by atoms with Gasteiger partial charge in [-0.25, -0.2) is 4.98 Å². The molecule has 1 aliphatic rings. The van der Waals surface area contributed by atoms with Crippen molar-refractivity contribution in [2.45, 2.75) is 37.9 Å². The molecule has 1 aromatic carbocycles. The Kier molecular flexibility index (Phi) is 6.42. The van der Waals surface area contributed by atoms with Crippen LogP contribution in [0.25, 0.3) is 0 Å². The van der Waals surface area contributed by atoms with Crippen LogP contribution in [0.1, 0.15) is 41.2 Å². The molecule has 0 bridgehead atoms. The Labute approximate surface area is 185 Å². The highest BCUT2D eigenvalue weighted by Crippen LogP contribution is 2.35. The van der Waals surface area contributed by atoms with Gasteiger partial charge in [-0.3, -0.25) is 9.48 Å². The Balaban J connectivity index is 1.48. The average Bonchev–Trinajstić information content (AvgIpc) is 3.22. The molecule has 0 radical (unpaired) electrons. The number of amides is 1. The van der Waals surface area contributed by atoms with Crippen molar-refractivity contribution in [2.24, 2.45) is 11.7 Å². The van der Waals surface area contributed by atoms with Crippen molar-refractivity contribution in [1.29, 1.82) is 5.26 Å². The van der Waals surface area contributed by atoms with Crippen LogP contribution in [0.5, 0.6) is 0 Å². The number of halogens is 1. The van der Waals surface area contributed by atoms with Crippen molar-refractivity contribution < 1.29 is 9.18 Å². The number of nitrogens with zero attached hydrogens (tertiary/aromatic N) is 4. The molecule has 4 N–H and O–H groups in total. The standard InChI is InChI=1S/C23H24FN7O/c24-21-11-18(8-9-27-21)29-23-19(22(26)32)14-31(30-23)20-7-6-17(10-16(20)12-25)28-13-15-4-2-1-3-5-15/h1-5,8-9,11,14,16-17,20,28H,6-7,10,13H2,(H2,26,32)(H,27,29,30)/t16-,17-,20+/m1/s1. The first-order chi connectivity index (χ1) is 15.5. The Morgan fingerprint density at radius 1 is 1.28 bits per heavy atom. The van der Waals surface area contributed by atoms with Gasteiger partial charge in [-0.2, -0.15) is 14.8 Å². The lowest BCUT2D eigenvalue weighted by molar-refractivity contribution is 0.100. The van der Waals surface area contributed by atoms with E-state index in [0.29, 0.717) is 12.1 Å². The third kappa shape index (κ3) is 4.92. The highest BCUT2D eigenvalue weighted by atomic mass is 19.1. The van der Waals surface area contributed by atoms with Crippen LogP contribution in [-0.4, -0.2) is 26.7 Å². The van der Waals surface area contributed by atoms with Gasteiger partial charge in [0.1, 0.15) is 5.56 Å². The molecule has 1 amide bonds. The maximum absolute atomic E-state index is 13.4. The molecule has 3 atom stereocenters. The van der Waals surface area contributed by atoms with Crippen molar-refractivity contribution in [1.82, 2.24) is 20.1 Å². The second-order valence-electron chi connectivity index (χ2n) is 7.91. The van der Waals surface area contributed by atoms with E-state index >= 15 is 0 Å². The SMILES string of the molecule is N#C[C@H]1C[C@H](NCc2ccccc2)CC[C@@H]1n1cc(C(N)=O)c(Nc2ccnc(F)c2)n1. The molecule has 3 aromatic rings. The van der Waals surface area contributed by atoms with Crippen LogP contribution in [0, 0.1) is 23.2 Å². The van der Waals surface area contributed by atoms with Crippen LogP contribution in [0.15, 0.2) is 54.9 Å². The maximum Gasteiger partial charge on any atom is 0.254 e. The summed E-state index contributed by atoms with van der Waals surface area (Å²) in [7, 11) is 0. The topological polar surface area (TPSA) is 122 Å². The van der Waals surface area contributed by atoms with Crippen LogP contribution in [-0.2, 0) is 6.54 Å². The van der Waals surface area contributed by atoms with Gasteiger partial charge >= 0.3 is 0 Å². The van der Waals surface area contributed by atoms with Gasteiger partial charge in [0.25, 0.3) is 5.91 Å². The predicted octanol–water partition coefficient (Wildman–Crippen LogP) is 3.28. The van der Waals surface area contributed by atoms with Crippen molar-refractivity contribution in [2.75, 3.05) is 5.32 Å². The molecule has 32 heavy (non-hydrogen) atoms. The number of nitrogens with one attached hydrogen (secondary N) is 2. The van der Waals surface area contributed by atoms with Crippen LogP contribution in [0.2, 0.25) is 0 Å². The minimum atomic E-state index is -0.653. The summed E-state index contributed by atoms with van der Waals surface area (Å²) in [5.41, 5.74) is 7.31. The third-order valence-corrected chi connectivity index (χ3v) is 5.74. The van der Waals surface area contributed by atoms with E-state index in [0.717, 1.165) is 19.4 Å². The summed E-state index contributed by atoms with van der Waals surface area (Å²) < 4.78 is 15.1. The normalized spacial score (nSPS) is 20.4. The first-order valence-electron chi connectivity index (χ1n) is 10.5. The van der Waals surface area contributed by atoms with Gasteiger partial charge in [0, 0.05) is 36.7 Å². The van der Waals surface area contributed by atoms with Crippen molar-refractivity contribution in [3.8, 4) is 6.07 Å². The summed E-state index contributed by atoms with van der Waals surface area (Å²) in [5, 5.41) is 20.8. The molecule has 1 saturated carbocycles. The first-order valence-corrected chi connectivity index (χ1v) is 10.5. The fraction of sp³-hybridized carbons (Fsp3) is 0.304. The zero-order valence-corrected chi connectivity index (χ0v) is 17.4. The predicted molar refractivity (Wildman–Crippen MR) is 117 cm³/mol. The number of benzene rings is 1. The summed E-state index contributed by atoms with van der Waals surface area (Å²) in [6, 6.07) is 15.3. The van der Waals surface area contributed by atoms with E-state index in [-0.39, 0.29) is 29.4 Å². The zero-order chi connectivity index (χ0) is 22.5. The molecular formula is C23H24FN7O. The van der Waals surface area contributed by atoms with E-state index in [4.69, 9.17) is 5.73 Å². The lowest BCUT2D eigenvalue weighted by Gasteiger charge is -2.33. The molecule has 164 valence electrons. The lowest BCUT2D eigenvalue weighted by atomic mass is 9.82. The van der Waals surface area contributed by atoms with Gasteiger partial charge in [-0.05, 0) is 30.9 Å². The highest BCUT2D eigenvalue weighted by Gasteiger charge is 2.33. The molecule has 9 heteroatoms. The maximum atomic E-state index is 13.4. The number of nitriles is 1. The van der Waals surface area contributed by atoms with Crippen molar-refractivity contribution >= 4 is 17.4 Å². The molecule has 8 nitrogen and oxygen atoms in total. The number of nitrogens with two attached hydrogens (primary N) is 1. The van der Waals surface area contributed by atoms with Crippen LogP contribution in [0.4, 0.5) is 15.9 Å². The van der Waals surface area contributed by atoms with Crippen LogP contribution < -0.4 is 16.4 Å². The van der Waals surface area contributed by atoms with E-state index < -0.39 is 11.9 Å². The van der Waals surface area contributed by atoms with Gasteiger partial charge in [-0.15, -0.1) is 0 Å². The number of rotatable bonds is 7. The number of primary amides is 1. The number of aromatic nitrogens is 3. The minimum absolute atomic E-state index is 0.183. The molecule has 4 rings (SSSR count). The van der Waals surface area contributed by atoms with Gasteiger partial charge in [0.15, 0.2) is 5.82 Å². The third-order valence-electron chi connectivity index (χ3n) is 5.74. The van der Waals surface area contributed by atoms with E-state index in [1.54, 1.807) is 16.9 Å². The lowest BCUT2D eigenvalue weighted by Crippen LogP contribution is -2.38. The fourth-order valence-corrected chi connectivity index (χ4v) is 4.10. The minimum Gasteiger partial charge on any atom is -0.365 e. The Morgan fingerprint density at radius 3 is 2.81 bits per heavy atom. The number of carbonyl (C=O) groups excluding carboxylic acids is 1.